The Labute approximate surface area is 156 Å². The Morgan fingerprint density at radius 1 is 1.00 bits per heavy atom. The zero-order valence-corrected chi connectivity index (χ0v) is 14.4. The van der Waals surface area contributed by atoms with Crippen LogP contribution < -0.4 is 10.6 Å². The third-order valence-electron chi connectivity index (χ3n) is 4.53. The summed E-state index contributed by atoms with van der Waals surface area (Å²) in [6.45, 7) is 0. The monoisotopic (exact) mass is 359 g/mol. The van der Waals surface area contributed by atoms with Gasteiger partial charge in [-0.1, -0.05) is 36.4 Å². The van der Waals surface area contributed by atoms with Crippen molar-refractivity contribution in [3.8, 4) is 0 Å². The highest BCUT2D eigenvalue weighted by Gasteiger charge is 2.31. The summed E-state index contributed by atoms with van der Waals surface area (Å²) in [5.41, 5.74) is 8.95. The molecule has 27 heavy (non-hydrogen) atoms. The third-order valence-corrected chi connectivity index (χ3v) is 4.53. The number of fused-ring (bicyclic) bond motifs is 2. The number of ether oxygens (including phenoxy) is 1. The van der Waals surface area contributed by atoms with Crippen molar-refractivity contribution in [2.24, 2.45) is 5.73 Å². The number of para-hydroxylation sites is 2. The quantitative estimate of drug-likeness (QED) is 0.706. The molecule has 1 aliphatic rings. The minimum absolute atomic E-state index is 0.374. The normalized spacial score (nSPS) is 15.3. The second kappa shape index (κ2) is 6.92. The molecule has 1 aromatic heterocycles. The van der Waals surface area contributed by atoms with Gasteiger partial charge < -0.3 is 10.5 Å². The molecule has 134 valence electrons. The molecule has 2 amide bonds. The van der Waals surface area contributed by atoms with E-state index in [4.69, 9.17) is 10.5 Å². The Morgan fingerprint density at radius 3 is 2.48 bits per heavy atom. The summed E-state index contributed by atoms with van der Waals surface area (Å²) in [7, 11) is 0. The number of carbonyl (C=O) groups is 2. The van der Waals surface area contributed by atoms with E-state index in [-0.39, 0.29) is 0 Å². The summed E-state index contributed by atoms with van der Waals surface area (Å²) in [5.74, 6) is -0.465. The molecule has 0 saturated heterocycles. The van der Waals surface area contributed by atoms with E-state index >= 15 is 0 Å². The van der Waals surface area contributed by atoms with E-state index in [0.29, 0.717) is 23.4 Å². The fourth-order valence-corrected chi connectivity index (χ4v) is 3.33. The zero-order valence-electron chi connectivity index (χ0n) is 14.4. The van der Waals surface area contributed by atoms with Gasteiger partial charge >= 0.3 is 12.0 Å². The van der Waals surface area contributed by atoms with Gasteiger partial charge in [0.25, 0.3) is 0 Å². The number of esters is 1. The van der Waals surface area contributed by atoms with Crippen molar-refractivity contribution < 1.29 is 14.3 Å². The minimum atomic E-state index is -0.589. The first-order valence-corrected chi connectivity index (χ1v) is 8.52. The highest BCUT2D eigenvalue weighted by molar-refractivity contribution is 6.00. The Balaban J connectivity index is 1.80. The summed E-state index contributed by atoms with van der Waals surface area (Å²) in [5, 5.41) is 0. The number of nitrogens with two attached hydrogens (primary N) is 1. The maximum Gasteiger partial charge on any atom is 0.340 e. The summed E-state index contributed by atoms with van der Waals surface area (Å²) in [6.07, 6.45) is 2.94. The number of amides is 2. The number of urea groups is 1. The van der Waals surface area contributed by atoms with Gasteiger partial charge in [0, 0.05) is 24.4 Å². The van der Waals surface area contributed by atoms with Gasteiger partial charge in [-0.15, -0.1) is 0 Å². The van der Waals surface area contributed by atoms with E-state index < -0.39 is 18.1 Å². The number of hydrogen-bond donors (Lipinski definition) is 1. The van der Waals surface area contributed by atoms with Crippen LogP contribution in [-0.2, 0) is 11.2 Å². The van der Waals surface area contributed by atoms with Gasteiger partial charge in [0.15, 0.2) is 0 Å². The first-order valence-electron chi connectivity index (χ1n) is 8.52. The summed E-state index contributed by atoms with van der Waals surface area (Å²) >= 11 is 0. The van der Waals surface area contributed by atoms with Crippen LogP contribution in [0.5, 0.6) is 0 Å². The molecule has 0 bridgehead atoms. The molecule has 0 spiro atoms. The number of hydrogen-bond acceptors (Lipinski definition) is 4. The van der Waals surface area contributed by atoms with Crippen LogP contribution in [0.15, 0.2) is 73.1 Å². The molecule has 2 aromatic carbocycles. The number of anilines is 2. The number of aromatic nitrogens is 1. The van der Waals surface area contributed by atoms with E-state index in [1.165, 1.54) is 11.1 Å². The summed E-state index contributed by atoms with van der Waals surface area (Å²) in [6, 6.07) is 17.5. The molecule has 0 radical (unpaired) electrons. The maximum absolute atomic E-state index is 12.6. The lowest BCUT2D eigenvalue weighted by Crippen LogP contribution is -2.32. The van der Waals surface area contributed by atoms with Crippen LogP contribution >= 0.6 is 0 Å². The Morgan fingerprint density at radius 2 is 1.74 bits per heavy atom. The largest absolute Gasteiger partial charge is 0.453 e. The Kier molecular flexibility index (Phi) is 4.30. The van der Waals surface area contributed by atoms with Gasteiger partial charge in [-0.05, 0) is 29.8 Å². The second-order valence-corrected chi connectivity index (χ2v) is 6.20. The fourth-order valence-electron chi connectivity index (χ4n) is 3.33. The number of carbonyl (C=O) groups excluding carboxylic acids is 2. The van der Waals surface area contributed by atoms with Crippen LogP contribution in [0.2, 0.25) is 0 Å². The number of benzene rings is 2. The SMILES string of the molecule is NC(=O)N1c2ccccc2C[C@H](OC(=O)c2cccnc2)c2ccccc21. The maximum atomic E-state index is 12.6. The minimum Gasteiger partial charge on any atom is -0.453 e. The molecule has 3 aromatic rings. The Bertz CT molecular complexity index is 1000. The van der Waals surface area contributed by atoms with Gasteiger partial charge in [0.05, 0.1) is 16.9 Å². The van der Waals surface area contributed by atoms with Crippen molar-refractivity contribution in [2.75, 3.05) is 4.90 Å². The Hall–Kier alpha value is -3.67. The van der Waals surface area contributed by atoms with E-state index in [1.54, 1.807) is 24.4 Å². The third kappa shape index (κ3) is 3.13. The molecule has 4 rings (SSSR count). The summed E-state index contributed by atoms with van der Waals surface area (Å²) < 4.78 is 5.81. The molecule has 0 aliphatic carbocycles. The lowest BCUT2D eigenvalue weighted by molar-refractivity contribution is 0.0300. The number of nitrogens with zero attached hydrogens (tertiary/aromatic N) is 2. The van der Waals surface area contributed by atoms with E-state index in [0.717, 1.165) is 11.1 Å². The van der Waals surface area contributed by atoms with Gasteiger partial charge in [-0.3, -0.25) is 9.88 Å². The van der Waals surface area contributed by atoms with Crippen molar-refractivity contribution in [3.05, 3.63) is 89.7 Å². The molecular formula is C21H17N3O3. The van der Waals surface area contributed by atoms with Gasteiger partial charge in [0.1, 0.15) is 6.10 Å². The standard InChI is InChI=1S/C21H17N3O3/c22-21(26)24-17-9-3-1-6-14(17)12-19(16-8-2-4-10-18(16)24)27-20(25)15-7-5-11-23-13-15/h1-11,13,19H,12H2,(H2,22,26)/t19-/m0/s1. The molecule has 0 saturated carbocycles. The smallest absolute Gasteiger partial charge is 0.340 e. The van der Waals surface area contributed by atoms with Crippen LogP contribution in [0.3, 0.4) is 0 Å². The molecule has 2 N–H and O–H groups in total. The highest BCUT2D eigenvalue weighted by atomic mass is 16.5. The fraction of sp³-hybridized carbons (Fsp3) is 0.0952. The number of primary amides is 1. The topological polar surface area (TPSA) is 85.5 Å². The molecule has 6 nitrogen and oxygen atoms in total. The van der Waals surface area contributed by atoms with Gasteiger partial charge in [-0.2, -0.15) is 0 Å². The predicted molar refractivity (Wildman–Crippen MR) is 101 cm³/mol. The first kappa shape index (κ1) is 16.8. The van der Waals surface area contributed by atoms with Gasteiger partial charge in [-0.25, -0.2) is 9.59 Å². The zero-order chi connectivity index (χ0) is 18.8. The molecule has 0 unspecified atom stereocenters. The van der Waals surface area contributed by atoms with Crippen LogP contribution in [0, 0.1) is 0 Å². The van der Waals surface area contributed by atoms with E-state index in [2.05, 4.69) is 4.98 Å². The van der Waals surface area contributed by atoms with E-state index in [1.807, 2.05) is 42.5 Å². The predicted octanol–water partition coefficient (Wildman–Crippen LogP) is 3.75. The van der Waals surface area contributed by atoms with Crippen molar-refractivity contribution in [3.63, 3.8) is 0 Å². The van der Waals surface area contributed by atoms with Crippen LogP contribution in [0.25, 0.3) is 0 Å². The van der Waals surface area contributed by atoms with Crippen molar-refractivity contribution in [1.82, 2.24) is 4.98 Å². The number of rotatable bonds is 2. The first-order chi connectivity index (χ1) is 13.1. The van der Waals surface area contributed by atoms with Gasteiger partial charge in [0.2, 0.25) is 0 Å². The lowest BCUT2D eigenvalue weighted by Gasteiger charge is -2.23. The van der Waals surface area contributed by atoms with Crippen molar-refractivity contribution in [1.29, 1.82) is 0 Å². The molecular weight excluding hydrogens is 342 g/mol. The average molecular weight is 359 g/mol. The molecule has 2 heterocycles. The molecule has 6 heteroatoms. The van der Waals surface area contributed by atoms with Crippen LogP contribution in [-0.4, -0.2) is 17.0 Å². The van der Waals surface area contributed by atoms with Crippen LogP contribution in [0.1, 0.15) is 27.6 Å². The molecule has 1 aliphatic heterocycles. The second-order valence-electron chi connectivity index (χ2n) is 6.20. The van der Waals surface area contributed by atoms with E-state index in [9.17, 15) is 9.59 Å². The average Bonchev–Trinajstić information content (AvgIpc) is 2.83. The van der Waals surface area contributed by atoms with Crippen molar-refractivity contribution >= 4 is 23.4 Å². The molecule has 0 fully saturated rings. The highest BCUT2D eigenvalue weighted by Crippen LogP contribution is 2.41. The van der Waals surface area contributed by atoms with Crippen molar-refractivity contribution in [2.45, 2.75) is 12.5 Å². The molecule has 1 atom stereocenters. The number of pyridine rings is 1. The lowest BCUT2D eigenvalue weighted by atomic mass is 10.0. The van der Waals surface area contributed by atoms with Crippen LogP contribution in [0.4, 0.5) is 16.2 Å². The summed E-state index contributed by atoms with van der Waals surface area (Å²) in [4.78, 5) is 30.2.